The Morgan fingerprint density at radius 2 is 1.85 bits per heavy atom. The molecule has 3 N–H and O–H groups in total. The van der Waals surface area contributed by atoms with Crippen LogP contribution in [0.15, 0.2) is 18.3 Å². The summed E-state index contributed by atoms with van der Waals surface area (Å²) in [5, 5.41) is 16.7. The smallest absolute Gasteiger partial charge is 0.252 e. The molecule has 10 nitrogen and oxygen atoms in total. The van der Waals surface area contributed by atoms with Crippen molar-refractivity contribution in [2.24, 2.45) is 0 Å². The molecule has 1 aromatic heterocycles. The second kappa shape index (κ2) is 13.8. The van der Waals surface area contributed by atoms with E-state index in [1.54, 1.807) is 19.2 Å². The van der Waals surface area contributed by atoms with E-state index < -0.39 is 17.2 Å². The van der Waals surface area contributed by atoms with Gasteiger partial charge in [-0.2, -0.15) is 0 Å². The lowest BCUT2D eigenvalue weighted by atomic mass is 9.77. The van der Waals surface area contributed by atoms with E-state index in [0.717, 1.165) is 64.6 Å². The highest BCUT2D eigenvalue weighted by molar-refractivity contribution is 6.00. The highest BCUT2D eigenvalue weighted by Crippen LogP contribution is 2.37. The number of piperidine rings is 1. The third-order valence-corrected chi connectivity index (χ3v) is 8.94. The van der Waals surface area contributed by atoms with Crippen LogP contribution in [-0.4, -0.2) is 94.6 Å². The molecule has 3 aliphatic rings. The average Bonchev–Trinajstić information content (AvgIpc) is 2.97. The van der Waals surface area contributed by atoms with E-state index in [-0.39, 0.29) is 17.7 Å². The molecule has 3 heterocycles. The first-order valence-electron chi connectivity index (χ1n) is 15.2. The molecule has 4 rings (SSSR count). The van der Waals surface area contributed by atoms with Crippen LogP contribution in [0.2, 0.25) is 0 Å². The van der Waals surface area contributed by atoms with Crippen molar-refractivity contribution in [2.75, 3.05) is 39.8 Å². The van der Waals surface area contributed by atoms with E-state index in [4.69, 9.17) is 4.74 Å². The highest BCUT2D eigenvalue weighted by atomic mass is 16.5. The van der Waals surface area contributed by atoms with Crippen molar-refractivity contribution in [3.8, 4) is 5.88 Å². The van der Waals surface area contributed by atoms with Gasteiger partial charge in [-0.05, 0) is 57.6 Å². The molecule has 3 amide bonds. The summed E-state index contributed by atoms with van der Waals surface area (Å²) in [6.07, 6.45) is 11.2. The van der Waals surface area contributed by atoms with Crippen molar-refractivity contribution in [2.45, 2.75) is 101 Å². The molecule has 2 aliphatic heterocycles. The quantitative estimate of drug-likeness (QED) is 0.338. The Kier molecular flexibility index (Phi) is 10.4. The van der Waals surface area contributed by atoms with Gasteiger partial charge in [0.2, 0.25) is 17.7 Å². The fraction of sp³-hybridized carbons (Fsp3) is 0.733. The van der Waals surface area contributed by atoms with Crippen LogP contribution in [-0.2, 0) is 9.59 Å². The molecule has 1 spiro atoms. The van der Waals surface area contributed by atoms with Crippen molar-refractivity contribution in [1.82, 2.24) is 25.4 Å². The van der Waals surface area contributed by atoms with Gasteiger partial charge in [0.25, 0.3) is 5.91 Å². The summed E-state index contributed by atoms with van der Waals surface area (Å²) in [7, 11) is 1.58. The van der Waals surface area contributed by atoms with E-state index >= 15 is 0 Å². The van der Waals surface area contributed by atoms with Crippen LogP contribution >= 0.6 is 0 Å². The SMILES string of the molecule is CCCCN1C(=O)[C@@H](CC2(O)CCCCC2)NC(=O)C12CCN(CCCCOc1ccc(C(=O)NC)cn1)CC2. The normalized spacial score (nSPS) is 22.7. The van der Waals surface area contributed by atoms with Crippen LogP contribution in [0, 0.1) is 0 Å². The van der Waals surface area contributed by atoms with Gasteiger partial charge in [0, 0.05) is 45.4 Å². The lowest BCUT2D eigenvalue weighted by molar-refractivity contribution is -0.163. The molecule has 1 aliphatic carbocycles. The lowest BCUT2D eigenvalue weighted by Gasteiger charge is -2.52. The second-order valence-corrected chi connectivity index (χ2v) is 11.8. The number of nitrogens with one attached hydrogen (secondary N) is 2. The molecular weight excluding hydrogens is 510 g/mol. The third-order valence-electron chi connectivity index (χ3n) is 8.94. The molecule has 2 saturated heterocycles. The zero-order chi connectivity index (χ0) is 28.6. The second-order valence-electron chi connectivity index (χ2n) is 11.8. The predicted molar refractivity (Wildman–Crippen MR) is 152 cm³/mol. The zero-order valence-corrected chi connectivity index (χ0v) is 24.3. The maximum absolute atomic E-state index is 13.7. The summed E-state index contributed by atoms with van der Waals surface area (Å²) in [4.78, 5) is 47.4. The van der Waals surface area contributed by atoms with Gasteiger partial charge >= 0.3 is 0 Å². The Labute approximate surface area is 238 Å². The van der Waals surface area contributed by atoms with Crippen LogP contribution < -0.4 is 15.4 Å². The van der Waals surface area contributed by atoms with Gasteiger partial charge in [0.15, 0.2) is 0 Å². The van der Waals surface area contributed by atoms with Crippen molar-refractivity contribution in [3.63, 3.8) is 0 Å². The minimum absolute atomic E-state index is 0.0189. The summed E-state index contributed by atoms with van der Waals surface area (Å²) in [5.74, 6) is 0.260. The van der Waals surface area contributed by atoms with E-state index in [9.17, 15) is 19.5 Å². The molecule has 222 valence electrons. The van der Waals surface area contributed by atoms with Crippen LogP contribution in [0.5, 0.6) is 5.88 Å². The predicted octanol–water partition coefficient (Wildman–Crippen LogP) is 2.65. The minimum atomic E-state index is -0.856. The van der Waals surface area contributed by atoms with Crippen molar-refractivity contribution < 1.29 is 24.2 Å². The summed E-state index contributed by atoms with van der Waals surface area (Å²) in [5.41, 5.74) is -1.15. The largest absolute Gasteiger partial charge is 0.478 e. The van der Waals surface area contributed by atoms with Gasteiger partial charge in [-0.1, -0.05) is 32.6 Å². The molecule has 0 bridgehead atoms. The number of amides is 3. The summed E-state index contributed by atoms with van der Waals surface area (Å²) < 4.78 is 5.73. The van der Waals surface area contributed by atoms with E-state index in [2.05, 4.69) is 27.4 Å². The Bertz CT molecular complexity index is 1000. The van der Waals surface area contributed by atoms with Crippen LogP contribution in [0.25, 0.3) is 0 Å². The number of likely N-dealkylation sites (tertiary alicyclic amines) is 1. The van der Waals surface area contributed by atoms with Crippen molar-refractivity contribution >= 4 is 17.7 Å². The molecule has 40 heavy (non-hydrogen) atoms. The number of hydrogen-bond donors (Lipinski definition) is 3. The minimum Gasteiger partial charge on any atom is -0.478 e. The number of aliphatic hydroxyl groups is 1. The van der Waals surface area contributed by atoms with E-state index in [1.165, 1.54) is 6.20 Å². The summed E-state index contributed by atoms with van der Waals surface area (Å²) >= 11 is 0. The number of pyridine rings is 1. The standard InChI is InChI=1S/C30H47N5O5/c1-3-4-17-35-27(37)24(21-29(39)12-6-5-7-13-29)33-28(38)30(35)14-18-34(19-15-30)16-8-9-20-40-25-11-10-23(22-32-25)26(36)31-2/h10-11,22,24,39H,3-9,12-21H2,1-2H3,(H,31,36)(H,33,38)/t24-/m1/s1. The van der Waals surface area contributed by atoms with Crippen LogP contribution in [0.1, 0.15) is 94.3 Å². The first kappa shape index (κ1) is 30.2. The molecule has 0 unspecified atom stereocenters. The number of unbranched alkanes of at least 4 members (excludes halogenated alkanes) is 2. The molecule has 0 aromatic carbocycles. The number of rotatable bonds is 12. The molecule has 3 fully saturated rings. The number of piperazine rings is 1. The van der Waals surface area contributed by atoms with Crippen LogP contribution in [0.4, 0.5) is 0 Å². The maximum Gasteiger partial charge on any atom is 0.252 e. The van der Waals surface area contributed by atoms with Gasteiger partial charge in [0.05, 0.1) is 17.8 Å². The first-order chi connectivity index (χ1) is 19.3. The summed E-state index contributed by atoms with van der Waals surface area (Å²) in [6.45, 7) is 5.67. The molecule has 1 atom stereocenters. The van der Waals surface area contributed by atoms with Gasteiger partial charge < -0.3 is 30.3 Å². The van der Waals surface area contributed by atoms with Crippen LogP contribution in [0.3, 0.4) is 0 Å². The fourth-order valence-corrected chi connectivity index (χ4v) is 6.45. The third kappa shape index (κ3) is 7.13. The maximum atomic E-state index is 13.7. The number of carbonyl (C=O) groups excluding carboxylic acids is 3. The Hall–Kier alpha value is -2.72. The van der Waals surface area contributed by atoms with Gasteiger partial charge in [-0.15, -0.1) is 0 Å². The molecule has 0 radical (unpaired) electrons. The Morgan fingerprint density at radius 3 is 2.50 bits per heavy atom. The highest BCUT2D eigenvalue weighted by Gasteiger charge is 2.54. The van der Waals surface area contributed by atoms with E-state index in [0.29, 0.717) is 56.7 Å². The molecule has 1 saturated carbocycles. The monoisotopic (exact) mass is 557 g/mol. The Balaban J connectivity index is 1.26. The topological polar surface area (TPSA) is 124 Å². The number of aromatic nitrogens is 1. The number of ether oxygens (including phenoxy) is 1. The average molecular weight is 558 g/mol. The zero-order valence-electron chi connectivity index (χ0n) is 24.3. The number of carbonyl (C=O) groups is 3. The molecule has 1 aromatic rings. The first-order valence-corrected chi connectivity index (χ1v) is 15.2. The van der Waals surface area contributed by atoms with Gasteiger partial charge in [-0.25, -0.2) is 4.98 Å². The molecule has 10 heteroatoms. The van der Waals surface area contributed by atoms with E-state index in [1.807, 2.05) is 4.90 Å². The Morgan fingerprint density at radius 1 is 1.10 bits per heavy atom. The number of nitrogens with zero attached hydrogens (tertiary/aromatic N) is 3. The summed E-state index contributed by atoms with van der Waals surface area (Å²) in [6, 6.07) is 2.77. The fourth-order valence-electron chi connectivity index (χ4n) is 6.45. The van der Waals surface area contributed by atoms with Crippen molar-refractivity contribution in [3.05, 3.63) is 23.9 Å². The van der Waals surface area contributed by atoms with Crippen molar-refractivity contribution in [1.29, 1.82) is 0 Å². The lowest BCUT2D eigenvalue weighted by Crippen LogP contribution is -2.73. The van der Waals surface area contributed by atoms with Gasteiger partial charge in [0.1, 0.15) is 11.6 Å². The number of hydrogen-bond acceptors (Lipinski definition) is 7. The molecular formula is C30H47N5O5. The van der Waals surface area contributed by atoms with Gasteiger partial charge in [-0.3, -0.25) is 14.4 Å².